The maximum Gasteiger partial charge on any atom is 0.147 e. The van der Waals surface area contributed by atoms with Gasteiger partial charge in [-0.15, -0.1) is 0 Å². The molecule has 0 spiro atoms. The average molecular weight is 267 g/mol. The summed E-state index contributed by atoms with van der Waals surface area (Å²) in [7, 11) is -2.85. The molecule has 6 heteroatoms. The zero-order valence-electron chi connectivity index (χ0n) is 10.3. The van der Waals surface area contributed by atoms with Crippen LogP contribution in [0.4, 0.5) is 0 Å². The van der Waals surface area contributed by atoms with Crippen molar-refractivity contribution in [1.82, 2.24) is 14.7 Å². The Morgan fingerprint density at radius 1 is 1.39 bits per heavy atom. The van der Waals surface area contributed by atoms with Crippen LogP contribution in [-0.2, 0) is 16.4 Å². The molecule has 2 aromatic heterocycles. The molecule has 0 fully saturated rings. The normalized spacial score (nSPS) is 12.1. The Bertz CT molecular complexity index is 586. The van der Waals surface area contributed by atoms with E-state index in [-0.39, 0.29) is 5.75 Å². The van der Waals surface area contributed by atoms with Crippen LogP contribution < -0.4 is 5.32 Å². The number of rotatable bonds is 6. The highest BCUT2D eigenvalue weighted by Crippen LogP contribution is 2.03. The zero-order valence-corrected chi connectivity index (χ0v) is 11.2. The third-order valence-electron chi connectivity index (χ3n) is 2.59. The van der Waals surface area contributed by atoms with Gasteiger partial charge in [0.25, 0.3) is 0 Å². The molecule has 5 nitrogen and oxygen atoms in total. The molecule has 0 aliphatic heterocycles. The molecule has 2 heterocycles. The van der Waals surface area contributed by atoms with E-state index in [4.69, 9.17) is 0 Å². The predicted octanol–water partition coefficient (Wildman–Crippen LogP) is 0.859. The lowest BCUT2D eigenvalue weighted by molar-refractivity contribution is 0.594. The minimum atomic E-state index is -2.85. The summed E-state index contributed by atoms with van der Waals surface area (Å²) in [5, 5.41) is 3.19. The third kappa shape index (κ3) is 3.82. The molecule has 2 rings (SSSR count). The van der Waals surface area contributed by atoms with E-state index in [9.17, 15) is 8.42 Å². The van der Waals surface area contributed by atoms with Gasteiger partial charge in [-0.2, -0.15) is 0 Å². The van der Waals surface area contributed by atoms with Crippen LogP contribution in [0.15, 0.2) is 30.6 Å². The minimum absolute atomic E-state index is 0.227. The second-order valence-electron chi connectivity index (χ2n) is 4.36. The van der Waals surface area contributed by atoms with Gasteiger partial charge in [0.05, 0.1) is 11.4 Å². The highest BCUT2D eigenvalue weighted by molar-refractivity contribution is 7.90. The Labute approximate surface area is 107 Å². The maximum atomic E-state index is 10.9. The summed E-state index contributed by atoms with van der Waals surface area (Å²) >= 11 is 0. The van der Waals surface area contributed by atoms with E-state index in [0.717, 1.165) is 11.3 Å². The van der Waals surface area contributed by atoms with Crippen LogP contribution in [0.3, 0.4) is 0 Å². The molecule has 0 aromatic carbocycles. The lowest BCUT2D eigenvalue weighted by Crippen LogP contribution is -2.18. The summed E-state index contributed by atoms with van der Waals surface area (Å²) in [6.07, 6.45) is 5.82. The lowest BCUT2D eigenvalue weighted by atomic mass is 10.4. The van der Waals surface area contributed by atoms with Gasteiger partial charge in [-0.05, 0) is 25.1 Å². The van der Waals surface area contributed by atoms with E-state index in [1.807, 2.05) is 35.0 Å². The number of aromatic nitrogens is 2. The molecular formula is C12H17N3O2S. The number of imidazole rings is 1. The van der Waals surface area contributed by atoms with Crippen molar-refractivity contribution < 1.29 is 8.42 Å². The van der Waals surface area contributed by atoms with Crippen molar-refractivity contribution >= 4 is 15.5 Å². The smallest absolute Gasteiger partial charge is 0.147 e. The number of hydrogen-bond acceptors (Lipinski definition) is 4. The van der Waals surface area contributed by atoms with Gasteiger partial charge in [-0.3, -0.25) is 0 Å². The van der Waals surface area contributed by atoms with Gasteiger partial charge < -0.3 is 9.72 Å². The fourth-order valence-corrected chi connectivity index (χ4v) is 2.42. The zero-order chi connectivity index (χ0) is 13.0. The van der Waals surface area contributed by atoms with Gasteiger partial charge in [0, 0.05) is 25.2 Å². The predicted molar refractivity (Wildman–Crippen MR) is 71.2 cm³/mol. The number of nitrogens with one attached hydrogen (secondary N) is 1. The molecule has 0 unspecified atom stereocenters. The van der Waals surface area contributed by atoms with Crippen molar-refractivity contribution in [1.29, 1.82) is 0 Å². The van der Waals surface area contributed by atoms with Gasteiger partial charge in [0.1, 0.15) is 15.5 Å². The van der Waals surface area contributed by atoms with Crippen LogP contribution in [0, 0.1) is 0 Å². The summed E-state index contributed by atoms with van der Waals surface area (Å²) in [5.41, 5.74) is 1.88. The fourth-order valence-electron chi connectivity index (χ4n) is 1.75. The molecule has 18 heavy (non-hydrogen) atoms. The van der Waals surface area contributed by atoms with Gasteiger partial charge in [0.2, 0.25) is 0 Å². The molecule has 0 saturated heterocycles. The van der Waals surface area contributed by atoms with Crippen molar-refractivity contribution in [3.8, 4) is 0 Å². The van der Waals surface area contributed by atoms with E-state index in [2.05, 4.69) is 10.3 Å². The lowest BCUT2D eigenvalue weighted by Gasteiger charge is -2.01. The first-order valence-electron chi connectivity index (χ1n) is 5.86. The Hall–Kier alpha value is -1.40. The van der Waals surface area contributed by atoms with E-state index in [1.165, 1.54) is 6.26 Å². The number of nitrogens with zero attached hydrogens (tertiary/aromatic N) is 2. The van der Waals surface area contributed by atoms with Crippen molar-refractivity contribution in [3.63, 3.8) is 0 Å². The van der Waals surface area contributed by atoms with Crippen LogP contribution in [0.2, 0.25) is 0 Å². The first kappa shape index (κ1) is 13.0. The summed E-state index contributed by atoms with van der Waals surface area (Å²) in [6.45, 7) is 1.34. The molecule has 98 valence electrons. The van der Waals surface area contributed by atoms with E-state index in [0.29, 0.717) is 19.5 Å². The van der Waals surface area contributed by atoms with Crippen LogP contribution in [0.1, 0.15) is 12.1 Å². The molecule has 2 aromatic rings. The Morgan fingerprint density at radius 2 is 2.22 bits per heavy atom. The molecule has 1 N–H and O–H groups in total. The average Bonchev–Trinajstić information content (AvgIpc) is 2.69. The topological polar surface area (TPSA) is 63.5 Å². The second-order valence-corrected chi connectivity index (χ2v) is 6.62. The number of hydrogen-bond donors (Lipinski definition) is 1. The molecule has 0 radical (unpaired) electrons. The summed E-state index contributed by atoms with van der Waals surface area (Å²) in [6, 6.07) is 5.86. The van der Waals surface area contributed by atoms with E-state index in [1.54, 1.807) is 0 Å². The monoisotopic (exact) mass is 267 g/mol. The number of sulfone groups is 1. The van der Waals surface area contributed by atoms with Crippen molar-refractivity contribution in [2.24, 2.45) is 0 Å². The highest BCUT2D eigenvalue weighted by atomic mass is 32.2. The summed E-state index contributed by atoms with van der Waals surface area (Å²) < 4.78 is 23.8. The third-order valence-corrected chi connectivity index (χ3v) is 3.62. The fraction of sp³-hybridized carbons (Fsp3) is 0.417. The van der Waals surface area contributed by atoms with Gasteiger partial charge in [-0.25, -0.2) is 13.4 Å². The molecule has 0 atom stereocenters. The van der Waals surface area contributed by atoms with Gasteiger partial charge >= 0.3 is 0 Å². The molecular weight excluding hydrogens is 250 g/mol. The van der Waals surface area contributed by atoms with Crippen LogP contribution >= 0.6 is 0 Å². The Morgan fingerprint density at radius 3 is 2.94 bits per heavy atom. The largest absolute Gasteiger partial charge is 0.311 e. The standard InChI is InChI=1S/C12H17N3O2S/c1-18(16,17)8-4-6-13-9-11-10-15-7-3-2-5-12(15)14-11/h2-3,5,7,10,13H,4,6,8-9H2,1H3. The van der Waals surface area contributed by atoms with Crippen molar-refractivity contribution in [2.45, 2.75) is 13.0 Å². The molecule has 0 aliphatic carbocycles. The maximum absolute atomic E-state index is 10.9. The van der Waals surface area contributed by atoms with Crippen molar-refractivity contribution in [3.05, 3.63) is 36.3 Å². The van der Waals surface area contributed by atoms with E-state index < -0.39 is 9.84 Å². The first-order chi connectivity index (χ1) is 8.54. The van der Waals surface area contributed by atoms with Gasteiger partial charge in [-0.1, -0.05) is 6.07 Å². The Kier molecular flexibility index (Phi) is 3.98. The van der Waals surface area contributed by atoms with E-state index >= 15 is 0 Å². The molecule has 0 amide bonds. The number of fused-ring (bicyclic) bond motifs is 1. The summed E-state index contributed by atoms with van der Waals surface area (Å²) in [4.78, 5) is 4.44. The summed E-state index contributed by atoms with van der Waals surface area (Å²) in [5.74, 6) is 0.227. The SMILES string of the molecule is CS(=O)(=O)CCCNCc1cn2ccccc2n1. The Balaban J connectivity index is 1.80. The minimum Gasteiger partial charge on any atom is -0.311 e. The first-order valence-corrected chi connectivity index (χ1v) is 7.92. The molecule has 0 saturated carbocycles. The molecule has 0 bridgehead atoms. The molecule has 0 aliphatic rings. The van der Waals surface area contributed by atoms with Crippen molar-refractivity contribution in [2.75, 3.05) is 18.6 Å². The van der Waals surface area contributed by atoms with Gasteiger partial charge in [0.15, 0.2) is 0 Å². The van der Waals surface area contributed by atoms with Crippen LogP contribution in [0.25, 0.3) is 5.65 Å². The highest BCUT2D eigenvalue weighted by Gasteiger charge is 2.02. The second kappa shape index (κ2) is 5.49. The van der Waals surface area contributed by atoms with Crippen LogP contribution in [0.5, 0.6) is 0 Å². The number of pyridine rings is 1. The quantitative estimate of drug-likeness (QED) is 0.788. The van der Waals surface area contributed by atoms with Crippen LogP contribution in [-0.4, -0.2) is 36.4 Å².